The zero-order valence-corrected chi connectivity index (χ0v) is 12.0. The Balaban J connectivity index is 2.53. The molecule has 0 spiro atoms. The number of hydrogen-bond acceptors (Lipinski definition) is 3. The SMILES string of the molecule is CCc1cccnc1C(NC)c1cccc(OC)c1F. The Labute approximate surface area is 118 Å². The molecule has 0 saturated heterocycles. The van der Waals surface area contributed by atoms with Crippen molar-refractivity contribution in [2.75, 3.05) is 14.2 Å². The van der Waals surface area contributed by atoms with Gasteiger partial charge >= 0.3 is 0 Å². The first-order valence-electron chi connectivity index (χ1n) is 6.66. The number of nitrogens with zero attached hydrogens (tertiary/aromatic N) is 1. The Morgan fingerprint density at radius 3 is 2.75 bits per heavy atom. The predicted molar refractivity (Wildman–Crippen MR) is 77.5 cm³/mol. The lowest BCUT2D eigenvalue weighted by Crippen LogP contribution is -2.21. The van der Waals surface area contributed by atoms with E-state index in [1.807, 2.05) is 12.1 Å². The first kappa shape index (κ1) is 14.5. The van der Waals surface area contributed by atoms with E-state index in [1.165, 1.54) is 7.11 Å². The van der Waals surface area contributed by atoms with Crippen molar-refractivity contribution in [3.05, 3.63) is 59.2 Å². The van der Waals surface area contributed by atoms with Crippen LogP contribution in [0.1, 0.15) is 29.8 Å². The molecule has 0 radical (unpaired) electrons. The third-order valence-corrected chi connectivity index (χ3v) is 3.39. The van der Waals surface area contributed by atoms with E-state index in [4.69, 9.17) is 4.74 Å². The standard InChI is InChI=1S/C16H19FN2O/c1-4-11-7-6-10-19-15(11)16(18-2)12-8-5-9-13(20-3)14(12)17/h5-10,16,18H,4H2,1-3H3. The van der Waals surface area contributed by atoms with E-state index >= 15 is 0 Å². The van der Waals surface area contributed by atoms with Crippen molar-refractivity contribution in [3.63, 3.8) is 0 Å². The molecular formula is C16H19FN2O. The number of methoxy groups -OCH3 is 1. The number of pyridine rings is 1. The third-order valence-electron chi connectivity index (χ3n) is 3.39. The number of benzene rings is 1. The van der Waals surface area contributed by atoms with Crippen LogP contribution < -0.4 is 10.1 Å². The summed E-state index contributed by atoms with van der Waals surface area (Å²) in [5.74, 6) is -0.0983. The van der Waals surface area contributed by atoms with E-state index in [2.05, 4.69) is 17.2 Å². The number of ether oxygens (including phenoxy) is 1. The van der Waals surface area contributed by atoms with Crippen molar-refractivity contribution >= 4 is 0 Å². The van der Waals surface area contributed by atoms with Gasteiger partial charge in [-0.15, -0.1) is 0 Å². The summed E-state index contributed by atoms with van der Waals surface area (Å²) in [4.78, 5) is 4.42. The molecule has 0 aliphatic heterocycles. The highest BCUT2D eigenvalue weighted by molar-refractivity contribution is 5.38. The van der Waals surface area contributed by atoms with Gasteiger partial charge in [-0.25, -0.2) is 4.39 Å². The summed E-state index contributed by atoms with van der Waals surface area (Å²) < 4.78 is 19.5. The molecule has 2 rings (SSSR count). The van der Waals surface area contributed by atoms with Gasteiger partial charge in [-0.05, 0) is 31.2 Å². The summed E-state index contributed by atoms with van der Waals surface area (Å²) in [5.41, 5.74) is 2.50. The van der Waals surface area contributed by atoms with Crippen molar-refractivity contribution in [2.24, 2.45) is 0 Å². The van der Waals surface area contributed by atoms with Crippen molar-refractivity contribution < 1.29 is 9.13 Å². The molecule has 2 aromatic rings. The van der Waals surface area contributed by atoms with E-state index in [1.54, 1.807) is 31.4 Å². The first-order valence-corrected chi connectivity index (χ1v) is 6.66. The Bertz CT molecular complexity index is 586. The second-order valence-electron chi connectivity index (χ2n) is 4.49. The average Bonchev–Trinajstić information content (AvgIpc) is 2.50. The molecule has 1 aromatic carbocycles. The quantitative estimate of drug-likeness (QED) is 0.909. The number of aromatic nitrogens is 1. The number of halogens is 1. The maximum atomic E-state index is 14.4. The highest BCUT2D eigenvalue weighted by atomic mass is 19.1. The van der Waals surface area contributed by atoms with Crippen LogP contribution in [0.4, 0.5) is 4.39 Å². The van der Waals surface area contributed by atoms with Gasteiger partial charge in [-0.2, -0.15) is 0 Å². The lowest BCUT2D eigenvalue weighted by Gasteiger charge is -2.20. The van der Waals surface area contributed by atoms with E-state index in [0.717, 1.165) is 17.7 Å². The normalized spacial score (nSPS) is 12.2. The Kier molecular flexibility index (Phi) is 4.69. The summed E-state index contributed by atoms with van der Waals surface area (Å²) >= 11 is 0. The Morgan fingerprint density at radius 2 is 2.10 bits per heavy atom. The third kappa shape index (κ3) is 2.65. The molecule has 0 aliphatic carbocycles. The van der Waals surface area contributed by atoms with E-state index in [9.17, 15) is 4.39 Å². The summed E-state index contributed by atoms with van der Waals surface area (Å²) in [6, 6.07) is 8.79. The summed E-state index contributed by atoms with van der Waals surface area (Å²) in [5, 5.41) is 3.14. The zero-order chi connectivity index (χ0) is 14.5. The highest BCUT2D eigenvalue weighted by Crippen LogP contribution is 2.29. The molecule has 1 heterocycles. The number of hydrogen-bond donors (Lipinski definition) is 1. The molecule has 1 unspecified atom stereocenters. The van der Waals surface area contributed by atoms with Gasteiger partial charge in [0.25, 0.3) is 0 Å². The molecule has 1 N–H and O–H groups in total. The van der Waals surface area contributed by atoms with Crippen LogP contribution in [0.15, 0.2) is 36.5 Å². The fourth-order valence-corrected chi connectivity index (χ4v) is 2.36. The number of nitrogens with one attached hydrogen (secondary N) is 1. The first-order chi connectivity index (χ1) is 9.72. The molecule has 20 heavy (non-hydrogen) atoms. The second-order valence-corrected chi connectivity index (χ2v) is 4.49. The Morgan fingerprint density at radius 1 is 1.30 bits per heavy atom. The van der Waals surface area contributed by atoms with Crippen LogP contribution in [-0.4, -0.2) is 19.1 Å². The van der Waals surface area contributed by atoms with Crippen LogP contribution >= 0.6 is 0 Å². The zero-order valence-electron chi connectivity index (χ0n) is 12.0. The fourth-order valence-electron chi connectivity index (χ4n) is 2.36. The number of rotatable bonds is 5. The molecule has 3 nitrogen and oxygen atoms in total. The predicted octanol–water partition coefficient (Wildman–Crippen LogP) is 3.10. The van der Waals surface area contributed by atoms with Crippen LogP contribution in [0.2, 0.25) is 0 Å². The molecule has 4 heteroatoms. The van der Waals surface area contributed by atoms with Gasteiger partial charge in [0.1, 0.15) is 0 Å². The van der Waals surface area contributed by atoms with E-state index < -0.39 is 0 Å². The van der Waals surface area contributed by atoms with E-state index in [0.29, 0.717) is 5.56 Å². The minimum Gasteiger partial charge on any atom is -0.494 e. The smallest absolute Gasteiger partial charge is 0.170 e. The maximum Gasteiger partial charge on any atom is 0.170 e. The highest BCUT2D eigenvalue weighted by Gasteiger charge is 2.21. The minimum absolute atomic E-state index is 0.247. The minimum atomic E-state index is -0.345. The average molecular weight is 274 g/mol. The van der Waals surface area contributed by atoms with Gasteiger partial charge in [0.2, 0.25) is 0 Å². The molecule has 1 atom stereocenters. The summed E-state index contributed by atoms with van der Waals surface area (Å²) in [6.07, 6.45) is 2.59. The van der Waals surface area contributed by atoms with Crippen LogP contribution in [0.3, 0.4) is 0 Å². The molecule has 0 amide bonds. The molecular weight excluding hydrogens is 255 g/mol. The fraction of sp³-hybridized carbons (Fsp3) is 0.312. The lowest BCUT2D eigenvalue weighted by atomic mass is 9.97. The Hall–Kier alpha value is -1.94. The van der Waals surface area contributed by atoms with Gasteiger partial charge in [0.15, 0.2) is 11.6 Å². The van der Waals surface area contributed by atoms with Crippen LogP contribution in [0.5, 0.6) is 5.75 Å². The van der Waals surface area contributed by atoms with Crippen LogP contribution in [0.25, 0.3) is 0 Å². The molecule has 0 fully saturated rings. The van der Waals surface area contributed by atoms with Gasteiger partial charge in [-0.3, -0.25) is 4.98 Å². The van der Waals surface area contributed by atoms with Crippen LogP contribution in [0, 0.1) is 5.82 Å². The van der Waals surface area contributed by atoms with Gasteiger partial charge in [-0.1, -0.05) is 25.1 Å². The van der Waals surface area contributed by atoms with Crippen LogP contribution in [-0.2, 0) is 6.42 Å². The second kappa shape index (κ2) is 6.48. The summed E-state index contributed by atoms with van der Waals surface area (Å²) in [6.45, 7) is 2.06. The summed E-state index contributed by atoms with van der Waals surface area (Å²) in [7, 11) is 3.27. The maximum absolute atomic E-state index is 14.4. The van der Waals surface area contributed by atoms with Gasteiger partial charge in [0, 0.05) is 11.8 Å². The molecule has 0 bridgehead atoms. The van der Waals surface area contributed by atoms with Crippen molar-refractivity contribution in [3.8, 4) is 5.75 Å². The van der Waals surface area contributed by atoms with E-state index in [-0.39, 0.29) is 17.6 Å². The molecule has 0 aliphatic rings. The van der Waals surface area contributed by atoms with Crippen molar-refractivity contribution in [1.82, 2.24) is 10.3 Å². The monoisotopic (exact) mass is 274 g/mol. The topological polar surface area (TPSA) is 34.2 Å². The molecule has 1 aromatic heterocycles. The van der Waals surface area contributed by atoms with Crippen molar-refractivity contribution in [2.45, 2.75) is 19.4 Å². The molecule has 0 saturated carbocycles. The largest absolute Gasteiger partial charge is 0.494 e. The van der Waals surface area contributed by atoms with Crippen molar-refractivity contribution in [1.29, 1.82) is 0 Å². The number of aryl methyl sites for hydroxylation is 1. The molecule has 106 valence electrons. The van der Waals surface area contributed by atoms with Gasteiger partial charge in [0.05, 0.1) is 18.8 Å². The van der Waals surface area contributed by atoms with Gasteiger partial charge < -0.3 is 10.1 Å². The lowest BCUT2D eigenvalue weighted by molar-refractivity contribution is 0.382.